The van der Waals surface area contributed by atoms with E-state index in [4.69, 9.17) is 4.74 Å². The van der Waals surface area contributed by atoms with E-state index in [1.54, 1.807) is 0 Å². The molecule has 6 rings (SSSR count). The molecule has 9 nitrogen and oxygen atoms in total. The van der Waals surface area contributed by atoms with Crippen LogP contribution in [-0.4, -0.2) is 56.9 Å². The van der Waals surface area contributed by atoms with Crippen molar-refractivity contribution in [2.75, 3.05) is 13.7 Å². The number of pyridine rings is 1. The highest BCUT2D eigenvalue weighted by Gasteiger charge is 2.59. The number of carbonyl (C=O) groups excluding carboxylic acids is 2. The fourth-order valence-corrected chi connectivity index (χ4v) is 6.12. The third kappa shape index (κ3) is 4.83. The van der Waals surface area contributed by atoms with Crippen LogP contribution in [0.4, 0.5) is 4.39 Å². The molecule has 0 aliphatic heterocycles. The summed E-state index contributed by atoms with van der Waals surface area (Å²) in [5, 5.41) is 23.3. The number of aromatic amines is 1. The van der Waals surface area contributed by atoms with E-state index in [0.29, 0.717) is 13.0 Å². The van der Waals surface area contributed by atoms with E-state index in [0.717, 1.165) is 57.6 Å². The molecule has 36 heavy (non-hydrogen) atoms. The third-order valence-electron chi connectivity index (χ3n) is 8.18. The number of fused-ring (bicyclic) bond motifs is 1. The summed E-state index contributed by atoms with van der Waals surface area (Å²) < 4.78 is 19.3. The van der Waals surface area contributed by atoms with Gasteiger partial charge in [-0.3, -0.25) is 14.7 Å². The van der Waals surface area contributed by atoms with Gasteiger partial charge in [-0.2, -0.15) is 5.10 Å². The molecular formula is C26H34FN5O4. The molecular weight excluding hydrogens is 465 g/mol. The van der Waals surface area contributed by atoms with Gasteiger partial charge in [0.25, 0.3) is 5.91 Å². The van der Waals surface area contributed by atoms with Crippen LogP contribution in [-0.2, 0) is 4.79 Å². The lowest BCUT2D eigenvalue weighted by molar-refractivity contribution is -0.127. The number of aliphatic hydroxyl groups is 1. The van der Waals surface area contributed by atoms with E-state index in [1.807, 2.05) is 0 Å². The second-order valence-electron chi connectivity index (χ2n) is 11.1. The molecule has 0 radical (unpaired) electrons. The second-order valence-corrected chi connectivity index (χ2v) is 11.1. The van der Waals surface area contributed by atoms with Gasteiger partial charge in [0, 0.05) is 29.6 Å². The number of amides is 2. The smallest absolute Gasteiger partial charge is 0.269 e. The number of nitrogens with zero attached hydrogens (tertiary/aromatic N) is 2. The lowest BCUT2D eigenvalue weighted by Gasteiger charge is -2.44. The van der Waals surface area contributed by atoms with Crippen LogP contribution in [0.25, 0.3) is 11.3 Å². The van der Waals surface area contributed by atoms with Crippen molar-refractivity contribution in [3.8, 4) is 17.1 Å². The van der Waals surface area contributed by atoms with E-state index < -0.39 is 17.0 Å². The van der Waals surface area contributed by atoms with E-state index in [9.17, 15) is 19.1 Å². The largest absolute Gasteiger partial charge is 0.481 e. The van der Waals surface area contributed by atoms with Gasteiger partial charge in [0.2, 0.25) is 11.8 Å². The summed E-state index contributed by atoms with van der Waals surface area (Å²) in [4.78, 5) is 29.9. The number of aromatic nitrogens is 3. The number of nitrogens with one attached hydrogen (secondary N) is 3. The predicted molar refractivity (Wildman–Crippen MR) is 130 cm³/mol. The predicted octanol–water partition coefficient (Wildman–Crippen LogP) is 3.11. The summed E-state index contributed by atoms with van der Waals surface area (Å²) in [6.45, 7) is 2.67. The first-order chi connectivity index (χ1) is 17.2. The average Bonchev–Trinajstić information content (AvgIpc) is 3.17. The van der Waals surface area contributed by atoms with Crippen molar-refractivity contribution in [2.45, 2.75) is 75.9 Å². The molecule has 2 aromatic rings. The fraction of sp³-hybridized carbons (Fsp3) is 0.615. The summed E-state index contributed by atoms with van der Waals surface area (Å²) in [6, 6.07) is 2.93. The van der Waals surface area contributed by atoms with Gasteiger partial charge >= 0.3 is 0 Å². The Balaban J connectivity index is 1.20. The summed E-state index contributed by atoms with van der Waals surface area (Å²) in [7, 11) is 1.44. The number of rotatable bonds is 11. The summed E-state index contributed by atoms with van der Waals surface area (Å²) in [5.41, 5.74) is -0.181. The van der Waals surface area contributed by atoms with E-state index in [2.05, 4.69) is 32.7 Å². The standard InChI is InChI=1S/C26H34FN5O4/c1-3-4-16(22(33)29-15-24-5-8-26(35,13-24)14-24)11-25(6-7-25)30-23(34)20-10-19(31-32-20)17-9-21(36-2)28-12-18(17)27/h9-10,12,16,35H,3-8,11,13-15H2,1-2H3,(H,29,33)(H,30,34)(H,31,32)/t16-,24?,26?/m0/s1. The molecule has 4 saturated carbocycles. The number of methoxy groups -OCH3 is 1. The van der Waals surface area contributed by atoms with Gasteiger partial charge in [-0.1, -0.05) is 13.3 Å². The Kier molecular flexibility index (Phi) is 6.26. The van der Waals surface area contributed by atoms with Crippen LogP contribution < -0.4 is 15.4 Å². The monoisotopic (exact) mass is 499 g/mol. The van der Waals surface area contributed by atoms with Crippen molar-refractivity contribution in [1.29, 1.82) is 0 Å². The number of hydrogen-bond acceptors (Lipinski definition) is 6. The number of halogens is 1. The maximum Gasteiger partial charge on any atom is 0.269 e. The van der Waals surface area contributed by atoms with Crippen molar-refractivity contribution < 1.29 is 23.8 Å². The van der Waals surface area contributed by atoms with Crippen molar-refractivity contribution in [3.05, 3.63) is 29.8 Å². The van der Waals surface area contributed by atoms with Crippen molar-refractivity contribution in [2.24, 2.45) is 11.3 Å². The van der Waals surface area contributed by atoms with Crippen molar-refractivity contribution in [3.63, 3.8) is 0 Å². The minimum Gasteiger partial charge on any atom is -0.481 e. The highest BCUT2D eigenvalue weighted by atomic mass is 19.1. The Morgan fingerprint density at radius 3 is 2.67 bits per heavy atom. The van der Waals surface area contributed by atoms with Gasteiger partial charge < -0.3 is 20.5 Å². The summed E-state index contributed by atoms with van der Waals surface area (Å²) >= 11 is 0. The molecule has 2 heterocycles. The van der Waals surface area contributed by atoms with Gasteiger partial charge in [0.1, 0.15) is 5.69 Å². The molecule has 194 valence electrons. The Hall–Kier alpha value is -3.01. The minimum absolute atomic E-state index is 0.0278. The molecule has 0 spiro atoms. The molecule has 2 bridgehead atoms. The van der Waals surface area contributed by atoms with Crippen LogP contribution in [0, 0.1) is 17.2 Å². The highest BCUT2D eigenvalue weighted by Crippen LogP contribution is 2.61. The topological polar surface area (TPSA) is 129 Å². The molecule has 4 aliphatic rings. The van der Waals surface area contributed by atoms with Gasteiger partial charge in [0.15, 0.2) is 5.82 Å². The lowest BCUT2D eigenvalue weighted by Crippen LogP contribution is -2.50. The SMILES string of the molecule is CCC[C@@H](CC1(NC(=O)c2cc(-c3cc(OC)ncc3F)n[nH]2)CC1)C(=O)NCC12CCC(O)(C1)C2. The van der Waals surface area contributed by atoms with Gasteiger partial charge in [-0.25, -0.2) is 9.37 Å². The molecule has 4 N–H and O–H groups in total. The molecule has 0 unspecified atom stereocenters. The highest BCUT2D eigenvalue weighted by molar-refractivity contribution is 5.94. The second kappa shape index (κ2) is 9.14. The maximum atomic E-state index is 14.3. The zero-order chi connectivity index (χ0) is 25.6. The maximum absolute atomic E-state index is 14.3. The number of ether oxygens (including phenoxy) is 1. The van der Waals surface area contributed by atoms with Crippen LogP contribution in [0.2, 0.25) is 0 Å². The van der Waals surface area contributed by atoms with Crippen LogP contribution in [0.1, 0.15) is 75.2 Å². The Labute approximate surface area is 209 Å². The first kappa shape index (κ1) is 24.7. The van der Waals surface area contributed by atoms with Gasteiger partial charge in [-0.15, -0.1) is 0 Å². The molecule has 10 heteroatoms. The quantitative estimate of drug-likeness (QED) is 0.376. The van der Waals surface area contributed by atoms with Crippen LogP contribution in [0.3, 0.4) is 0 Å². The van der Waals surface area contributed by atoms with Gasteiger partial charge in [-0.05, 0) is 62.8 Å². The van der Waals surface area contributed by atoms with Gasteiger partial charge in [0.05, 0.1) is 24.6 Å². The fourth-order valence-electron chi connectivity index (χ4n) is 6.12. The van der Waals surface area contributed by atoms with E-state index >= 15 is 0 Å². The molecule has 1 atom stereocenters. The normalized spacial score (nSPS) is 26.1. The first-order valence-corrected chi connectivity index (χ1v) is 12.8. The van der Waals surface area contributed by atoms with Crippen molar-refractivity contribution in [1.82, 2.24) is 25.8 Å². The van der Waals surface area contributed by atoms with Crippen LogP contribution in [0.5, 0.6) is 5.88 Å². The number of H-pyrrole nitrogens is 1. The molecule has 2 amide bonds. The van der Waals surface area contributed by atoms with E-state index in [1.165, 1.54) is 19.2 Å². The average molecular weight is 500 g/mol. The lowest BCUT2D eigenvalue weighted by atomic mass is 9.67. The Morgan fingerprint density at radius 1 is 1.25 bits per heavy atom. The number of carbonyl (C=O) groups is 2. The van der Waals surface area contributed by atoms with E-state index in [-0.39, 0.29) is 46.0 Å². The summed E-state index contributed by atoms with van der Waals surface area (Å²) in [6.07, 6.45) is 8.21. The first-order valence-electron chi connectivity index (χ1n) is 12.8. The van der Waals surface area contributed by atoms with Crippen molar-refractivity contribution >= 4 is 11.8 Å². The third-order valence-corrected chi connectivity index (χ3v) is 8.18. The van der Waals surface area contributed by atoms with Crippen LogP contribution in [0.15, 0.2) is 18.3 Å². The zero-order valence-corrected chi connectivity index (χ0v) is 20.8. The van der Waals surface area contributed by atoms with Crippen LogP contribution >= 0.6 is 0 Å². The zero-order valence-electron chi connectivity index (χ0n) is 20.8. The number of hydrogen-bond donors (Lipinski definition) is 4. The Morgan fingerprint density at radius 2 is 2.03 bits per heavy atom. The molecule has 4 fully saturated rings. The Bertz CT molecular complexity index is 1150. The molecule has 0 aromatic carbocycles. The molecule has 0 saturated heterocycles. The molecule has 2 aromatic heterocycles. The minimum atomic E-state index is -0.565. The summed E-state index contributed by atoms with van der Waals surface area (Å²) in [5.74, 6) is -0.810. The molecule has 4 aliphatic carbocycles.